The van der Waals surface area contributed by atoms with E-state index in [4.69, 9.17) is 9.47 Å². The van der Waals surface area contributed by atoms with Crippen LogP contribution >= 0.6 is 11.8 Å². The summed E-state index contributed by atoms with van der Waals surface area (Å²) in [5.74, 6) is 1.79. The maximum atomic E-state index is 12.9. The first-order valence-electron chi connectivity index (χ1n) is 10.3. The minimum absolute atomic E-state index is 0.0138. The minimum Gasteiger partial charge on any atom is -0.493 e. The molecule has 7 nitrogen and oxygen atoms in total. The van der Waals surface area contributed by atoms with Gasteiger partial charge in [0.25, 0.3) is 0 Å². The highest BCUT2D eigenvalue weighted by Crippen LogP contribution is 2.44. The number of ether oxygens (including phenoxy) is 2. The summed E-state index contributed by atoms with van der Waals surface area (Å²) < 4.78 is 10.7. The maximum Gasteiger partial charge on any atom is 0.243 e. The van der Waals surface area contributed by atoms with Crippen LogP contribution in [-0.2, 0) is 9.59 Å². The average Bonchev–Trinajstić information content (AvgIpc) is 3.42. The van der Waals surface area contributed by atoms with Crippen molar-refractivity contribution in [2.24, 2.45) is 0 Å². The largest absolute Gasteiger partial charge is 0.493 e. The molecule has 3 rings (SSSR count). The summed E-state index contributed by atoms with van der Waals surface area (Å²) in [6.07, 6.45) is 2.91. The van der Waals surface area contributed by atoms with Gasteiger partial charge in [0.1, 0.15) is 11.4 Å². The van der Waals surface area contributed by atoms with Gasteiger partial charge >= 0.3 is 0 Å². The molecule has 0 bridgehead atoms. The van der Waals surface area contributed by atoms with Crippen LogP contribution < -0.4 is 19.7 Å². The monoisotopic (exact) mass is 422 g/mol. The second-order valence-corrected chi connectivity index (χ2v) is 8.58. The van der Waals surface area contributed by atoms with E-state index in [-0.39, 0.29) is 17.2 Å². The van der Waals surface area contributed by atoms with Gasteiger partial charge in [0.2, 0.25) is 11.8 Å². The van der Waals surface area contributed by atoms with Gasteiger partial charge in [-0.3, -0.25) is 9.59 Å². The Bertz CT molecular complexity index is 724. The maximum absolute atomic E-state index is 12.9. The van der Waals surface area contributed by atoms with E-state index in [1.54, 1.807) is 35.8 Å². The topological polar surface area (TPSA) is 72.3 Å². The molecule has 0 spiro atoms. The van der Waals surface area contributed by atoms with Crippen LogP contribution in [0.2, 0.25) is 0 Å². The molecule has 0 saturated carbocycles. The Labute approximate surface area is 177 Å². The number of hydrogen-bond acceptors (Lipinski definition) is 5. The zero-order valence-corrected chi connectivity index (χ0v) is 18.3. The van der Waals surface area contributed by atoms with Crippen LogP contribution in [0.3, 0.4) is 0 Å². The highest BCUT2D eigenvalue weighted by Gasteiger charge is 2.41. The number of thioether (sulfide) groups is 1. The summed E-state index contributed by atoms with van der Waals surface area (Å²) in [4.78, 5) is 28.9. The lowest BCUT2D eigenvalue weighted by molar-refractivity contribution is -0.886. The van der Waals surface area contributed by atoms with Crippen LogP contribution in [0.5, 0.6) is 11.5 Å². The van der Waals surface area contributed by atoms with E-state index in [1.807, 2.05) is 25.1 Å². The van der Waals surface area contributed by atoms with E-state index in [2.05, 4.69) is 5.32 Å². The van der Waals surface area contributed by atoms with Crippen molar-refractivity contribution in [3.05, 3.63) is 23.8 Å². The van der Waals surface area contributed by atoms with Crippen LogP contribution in [0.25, 0.3) is 0 Å². The zero-order valence-electron chi connectivity index (χ0n) is 17.5. The van der Waals surface area contributed by atoms with Gasteiger partial charge in [-0.05, 0) is 17.7 Å². The third kappa shape index (κ3) is 4.98. The minimum atomic E-state index is -0.445. The van der Waals surface area contributed by atoms with Gasteiger partial charge in [-0.25, -0.2) is 0 Å². The number of amides is 2. The summed E-state index contributed by atoms with van der Waals surface area (Å²) in [5.41, 5.74) is 0.936. The molecule has 0 radical (unpaired) electrons. The molecule has 8 heteroatoms. The van der Waals surface area contributed by atoms with Gasteiger partial charge in [0.15, 0.2) is 11.5 Å². The summed E-state index contributed by atoms with van der Waals surface area (Å²) in [5, 5.41) is 2.86. The average molecular weight is 423 g/mol. The van der Waals surface area contributed by atoms with Crippen LogP contribution in [0, 0.1) is 0 Å². The Kier molecular flexibility index (Phi) is 7.66. The summed E-state index contributed by atoms with van der Waals surface area (Å²) in [6, 6.07) is 5.23. The molecular formula is C21H32N3O4S+. The molecule has 1 aromatic rings. The number of carbonyl (C=O) groups excluding carboxylic acids is 2. The Hall–Kier alpha value is -1.93. The van der Waals surface area contributed by atoms with Crippen molar-refractivity contribution in [2.45, 2.75) is 37.6 Å². The predicted molar refractivity (Wildman–Crippen MR) is 113 cm³/mol. The Morgan fingerprint density at radius 1 is 1.21 bits per heavy atom. The fraction of sp³-hybridized carbons (Fsp3) is 0.619. The van der Waals surface area contributed by atoms with E-state index in [0.29, 0.717) is 30.2 Å². The van der Waals surface area contributed by atoms with Crippen molar-refractivity contribution in [1.82, 2.24) is 10.2 Å². The van der Waals surface area contributed by atoms with Gasteiger partial charge in [-0.2, -0.15) is 0 Å². The van der Waals surface area contributed by atoms with Crippen molar-refractivity contribution in [3.8, 4) is 11.5 Å². The van der Waals surface area contributed by atoms with Gasteiger partial charge in [0, 0.05) is 25.0 Å². The van der Waals surface area contributed by atoms with Crippen molar-refractivity contribution in [3.63, 3.8) is 0 Å². The molecule has 2 fully saturated rings. The lowest BCUT2D eigenvalue weighted by atomic mass is 10.1. The van der Waals surface area contributed by atoms with Gasteiger partial charge in [0.05, 0.1) is 40.4 Å². The van der Waals surface area contributed by atoms with E-state index in [9.17, 15) is 9.59 Å². The quantitative estimate of drug-likeness (QED) is 0.650. The zero-order chi connectivity index (χ0) is 20.8. The van der Waals surface area contributed by atoms with E-state index in [0.717, 1.165) is 12.1 Å². The number of hydrogen-bond donors (Lipinski definition) is 2. The second kappa shape index (κ2) is 10.2. The van der Waals surface area contributed by atoms with Crippen molar-refractivity contribution in [2.75, 3.05) is 46.2 Å². The molecule has 2 saturated heterocycles. The van der Waals surface area contributed by atoms with Crippen molar-refractivity contribution in [1.29, 1.82) is 0 Å². The molecule has 0 aliphatic carbocycles. The lowest BCUT2D eigenvalue weighted by Crippen LogP contribution is -3.10. The Morgan fingerprint density at radius 3 is 2.59 bits per heavy atom. The van der Waals surface area contributed by atoms with Crippen LogP contribution in [0.1, 0.15) is 37.1 Å². The number of benzene rings is 1. The SMILES string of the molecule is CCC(=O)N1[C@@H](c2ccc(OC)c(OC)c2)SC[C@H]1C(=O)NCC[NH+]1CCCC1. The van der Waals surface area contributed by atoms with E-state index >= 15 is 0 Å². The first-order valence-corrected chi connectivity index (χ1v) is 11.4. The number of methoxy groups -OCH3 is 2. The number of nitrogens with one attached hydrogen (secondary N) is 2. The Balaban J connectivity index is 1.71. The third-order valence-electron chi connectivity index (χ3n) is 5.67. The fourth-order valence-electron chi connectivity index (χ4n) is 4.06. The second-order valence-electron chi connectivity index (χ2n) is 7.47. The van der Waals surface area contributed by atoms with E-state index < -0.39 is 6.04 Å². The number of nitrogens with zero attached hydrogens (tertiary/aromatic N) is 1. The highest BCUT2D eigenvalue weighted by atomic mass is 32.2. The molecule has 160 valence electrons. The molecule has 29 heavy (non-hydrogen) atoms. The highest BCUT2D eigenvalue weighted by molar-refractivity contribution is 7.99. The molecule has 2 N–H and O–H groups in total. The molecule has 2 atom stereocenters. The van der Waals surface area contributed by atoms with Crippen molar-refractivity contribution < 1.29 is 24.0 Å². The predicted octanol–water partition coefficient (Wildman–Crippen LogP) is 0.851. The van der Waals surface area contributed by atoms with Crippen LogP contribution in [-0.4, -0.2) is 68.9 Å². The molecule has 1 aromatic carbocycles. The van der Waals surface area contributed by atoms with Gasteiger partial charge in [-0.1, -0.05) is 13.0 Å². The number of carbonyl (C=O) groups is 2. The Morgan fingerprint density at radius 2 is 1.93 bits per heavy atom. The summed E-state index contributed by atoms with van der Waals surface area (Å²) >= 11 is 1.62. The fourth-order valence-corrected chi connectivity index (χ4v) is 5.50. The summed E-state index contributed by atoms with van der Waals surface area (Å²) in [7, 11) is 3.19. The molecular weight excluding hydrogens is 390 g/mol. The van der Waals surface area contributed by atoms with Crippen LogP contribution in [0.15, 0.2) is 18.2 Å². The van der Waals surface area contributed by atoms with Crippen molar-refractivity contribution >= 4 is 23.6 Å². The number of likely N-dealkylation sites (tertiary alicyclic amines) is 1. The normalized spacial score (nSPS) is 22.0. The first kappa shape index (κ1) is 21.8. The summed E-state index contributed by atoms with van der Waals surface area (Å²) in [6.45, 7) is 5.83. The first-order chi connectivity index (χ1) is 14.1. The molecule has 0 unspecified atom stereocenters. The van der Waals surface area contributed by atoms with Gasteiger partial charge in [-0.15, -0.1) is 11.8 Å². The molecule has 2 amide bonds. The third-order valence-corrected chi connectivity index (χ3v) is 7.00. The number of rotatable bonds is 8. The standard InChI is InChI=1S/C21H31N3O4S/c1-4-19(25)24-16(20(26)22-9-12-23-10-5-6-11-23)14-29-21(24)15-7-8-17(27-2)18(13-15)28-3/h7-8,13,16,21H,4-6,9-12,14H2,1-3H3,(H,22,26)/p+1/t16-,21+/m0/s1. The molecule has 2 aliphatic heterocycles. The smallest absolute Gasteiger partial charge is 0.243 e. The van der Waals surface area contributed by atoms with Gasteiger partial charge < -0.3 is 24.6 Å². The lowest BCUT2D eigenvalue weighted by Gasteiger charge is -2.29. The van der Waals surface area contributed by atoms with Crippen LogP contribution in [0.4, 0.5) is 0 Å². The molecule has 2 heterocycles. The molecule has 0 aromatic heterocycles. The number of quaternary nitrogens is 1. The van der Waals surface area contributed by atoms with E-state index in [1.165, 1.54) is 25.9 Å². The molecule has 2 aliphatic rings.